The molecule has 3 heterocycles. The molecule has 370 valence electrons. The van der Waals surface area contributed by atoms with E-state index in [0.717, 1.165) is 80.6 Å². The van der Waals surface area contributed by atoms with E-state index in [1.54, 1.807) is 33.3 Å². The Morgan fingerprint density at radius 3 is 1.97 bits per heavy atom. The summed E-state index contributed by atoms with van der Waals surface area (Å²) in [5.74, 6) is 2.15. The molecule has 1 aliphatic heterocycles. The molecule has 5 aromatic rings. The number of hydrogen-bond donors (Lipinski definition) is 4. The van der Waals surface area contributed by atoms with Gasteiger partial charge in [-0.2, -0.15) is 0 Å². The SMILES string of the molecule is C#C.C#C.C#C.C#C.CCC.CCCC(=O)N(CCC)Cc1ncc(-c2ccc3c(c2)COc2cc4c(ccc5[nH]c(CN(C(=O)CNC(=O)OC)[C@@H](C)CC)nc54)cc2-3)[nH]1.COC.COC.N. The predicted molar refractivity (Wildman–Crippen MR) is 279 cm³/mol. The number of carbonyl (C=O) groups excluding carboxylic acids is 3. The van der Waals surface area contributed by atoms with Crippen LogP contribution in [-0.2, 0) is 43.5 Å². The summed E-state index contributed by atoms with van der Waals surface area (Å²) in [4.78, 5) is 57.1. The maximum Gasteiger partial charge on any atom is 0.407 e. The zero-order chi connectivity index (χ0) is 51.5. The van der Waals surface area contributed by atoms with E-state index in [9.17, 15) is 14.4 Å². The van der Waals surface area contributed by atoms with E-state index in [1.165, 1.54) is 13.5 Å². The zero-order valence-corrected chi connectivity index (χ0v) is 42.2. The van der Waals surface area contributed by atoms with E-state index < -0.39 is 6.09 Å². The molecule has 0 saturated heterocycles. The van der Waals surface area contributed by atoms with Gasteiger partial charge in [0.25, 0.3) is 0 Å². The maximum atomic E-state index is 13.0. The Bertz CT molecular complexity index is 2260. The molecule has 0 fully saturated rings. The second-order valence-electron chi connectivity index (χ2n) is 14.3. The van der Waals surface area contributed by atoms with Crippen molar-refractivity contribution in [2.24, 2.45) is 0 Å². The lowest BCUT2D eigenvalue weighted by atomic mass is 9.92. The first-order valence-corrected chi connectivity index (χ1v) is 21.8. The minimum Gasteiger partial charge on any atom is -0.488 e. The van der Waals surface area contributed by atoms with Gasteiger partial charge in [-0.05, 0) is 72.5 Å². The second-order valence-corrected chi connectivity index (χ2v) is 14.3. The van der Waals surface area contributed by atoms with Gasteiger partial charge in [0, 0.05) is 58.4 Å². The summed E-state index contributed by atoms with van der Waals surface area (Å²) in [5.41, 5.74) is 6.78. The molecule has 15 nitrogen and oxygen atoms in total. The molecular formula is C53H76N8O7. The number of fused-ring (bicyclic) bond motifs is 6. The third-order valence-electron chi connectivity index (χ3n) is 9.32. The van der Waals surface area contributed by atoms with Crippen molar-refractivity contribution in [1.29, 1.82) is 0 Å². The number of benzene rings is 3. The lowest BCUT2D eigenvalue weighted by molar-refractivity contribution is -0.133. The zero-order valence-electron chi connectivity index (χ0n) is 42.2. The smallest absolute Gasteiger partial charge is 0.407 e. The quantitative estimate of drug-likeness (QED) is 0.0824. The molecule has 1 aliphatic rings. The number of rotatable bonds is 13. The van der Waals surface area contributed by atoms with E-state index in [4.69, 9.17) is 9.72 Å². The fourth-order valence-electron chi connectivity index (χ4n) is 6.48. The largest absolute Gasteiger partial charge is 0.488 e. The molecule has 0 aliphatic carbocycles. The molecule has 6 rings (SSSR count). The average molecular weight is 937 g/mol. The van der Waals surface area contributed by atoms with Crippen molar-refractivity contribution in [3.05, 3.63) is 65.9 Å². The predicted octanol–water partition coefficient (Wildman–Crippen LogP) is 9.79. The van der Waals surface area contributed by atoms with Gasteiger partial charge >= 0.3 is 6.09 Å². The number of imidazole rings is 2. The molecule has 3 aromatic carbocycles. The molecule has 0 unspecified atom stereocenters. The Morgan fingerprint density at radius 1 is 0.794 bits per heavy atom. The lowest BCUT2D eigenvalue weighted by Gasteiger charge is -2.27. The summed E-state index contributed by atoms with van der Waals surface area (Å²) in [6.45, 7) is 14.1. The number of nitrogens with zero attached hydrogens (tertiary/aromatic N) is 4. The molecular weight excluding hydrogens is 861 g/mol. The first-order valence-electron chi connectivity index (χ1n) is 21.8. The van der Waals surface area contributed by atoms with Crippen molar-refractivity contribution in [3.8, 4) is 79.5 Å². The number of amides is 3. The van der Waals surface area contributed by atoms with Crippen LogP contribution in [0.1, 0.15) is 90.9 Å². The third kappa shape index (κ3) is 19.7. The summed E-state index contributed by atoms with van der Waals surface area (Å²) in [6.07, 6.45) is 37.5. The molecule has 2 aromatic heterocycles. The van der Waals surface area contributed by atoms with Gasteiger partial charge in [-0.3, -0.25) is 9.59 Å². The minimum atomic E-state index is -0.648. The van der Waals surface area contributed by atoms with Crippen LogP contribution < -0.4 is 16.2 Å². The Kier molecular flexibility index (Phi) is 36.2. The van der Waals surface area contributed by atoms with E-state index >= 15 is 0 Å². The van der Waals surface area contributed by atoms with Gasteiger partial charge in [0.15, 0.2) is 0 Å². The molecule has 0 bridgehead atoms. The van der Waals surface area contributed by atoms with Gasteiger partial charge in [0.05, 0.1) is 43.1 Å². The number of H-pyrrole nitrogens is 2. The highest BCUT2D eigenvalue weighted by molar-refractivity contribution is 6.07. The van der Waals surface area contributed by atoms with Crippen LogP contribution in [0.2, 0.25) is 0 Å². The first kappa shape index (κ1) is 65.0. The number of methoxy groups -OCH3 is 3. The Balaban J connectivity index is -0.00000209. The van der Waals surface area contributed by atoms with Gasteiger partial charge in [0.1, 0.15) is 30.5 Å². The topological polar surface area (TPSA) is 199 Å². The van der Waals surface area contributed by atoms with Gasteiger partial charge in [-0.25, -0.2) is 14.8 Å². The lowest BCUT2D eigenvalue weighted by Crippen LogP contribution is -2.44. The highest BCUT2D eigenvalue weighted by Gasteiger charge is 2.24. The van der Waals surface area contributed by atoms with Crippen molar-refractivity contribution in [2.75, 3.05) is 48.6 Å². The third-order valence-corrected chi connectivity index (χ3v) is 9.32. The van der Waals surface area contributed by atoms with Crippen LogP contribution in [-0.4, -0.2) is 102 Å². The van der Waals surface area contributed by atoms with Crippen molar-refractivity contribution in [2.45, 2.75) is 99.4 Å². The Hall–Kier alpha value is -7.27. The van der Waals surface area contributed by atoms with Crippen LogP contribution in [0.15, 0.2) is 48.7 Å². The number of alkyl carbamates (subject to hydrolysis) is 1. The Labute approximate surface area is 406 Å². The number of carbonyl (C=O) groups is 3. The van der Waals surface area contributed by atoms with E-state index in [0.29, 0.717) is 31.9 Å². The fourth-order valence-corrected chi connectivity index (χ4v) is 6.48. The Morgan fingerprint density at radius 2 is 1.41 bits per heavy atom. The van der Waals surface area contributed by atoms with Crippen LogP contribution >= 0.6 is 0 Å². The number of hydrogen-bond acceptors (Lipinski definition) is 10. The molecule has 15 heteroatoms. The fraction of sp³-hybridized carbons (Fsp3) is 0.415. The second kappa shape index (κ2) is 37.9. The van der Waals surface area contributed by atoms with E-state index in [2.05, 4.69) is 143 Å². The van der Waals surface area contributed by atoms with Crippen LogP contribution in [0.5, 0.6) is 5.75 Å². The van der Waals surface area contributed by atoms with Gasteiger partial charge in [-0.1, -0.05) is 59.2 Å². The van der Waals surface area contributed by atoms with Gasteiger partial charge < -0.3 is 50.2 Å². The molecule has 0 spiro atoms. The normalized spacial score (nSPS) is 10.2. The molecule has 3 amide bonds. The van der Waals surface area contributed by atoms with Crippen LogP contribution in [0.4, 0.5) is 4.79 Å². The summed E-state index contributed by atoms with van der Waals surface area (Å²) >= 11 is 0. The van der Waals surface area contributed by atoms with Crippen molar-refractivity contribution < 1.29 is 33.3 Å². The summed E-state index contributed by atoms with van der Waals surface area (Å²) in [6, 6.07) is 14.6. The molecule has 0 radical (unpaired) electrons. The number of ether oxygens (including phenoxy) is 4. The highest BCUT2D eigenvalue weighted by atomic mass is 16.5. The van der Waals surface area contributed by atoms with Crippen LogP contribution in [0, 0.1) is 51.4 Å². The van der Waals surface area contributed by atoms with Crippen molar-refractivity contribution >= 4 is 39.7 Å². The minimum absolute atomic E-state index is 0. The van der Waals surface area contributed by atoms with E-state index in [1.807, 2.05) is 37.9 Å². The van der Waals surface area contributed by atoms with Crippen LogP contribution in [0.25, 0.3) is 44.2 Å². The van der Waals surface area contributed by atoms with Crippen LogP contribution in [0.3, 0.4) is 0 Å². The molecule has 6 N–H and O–H groups in total. The number of nitrogens with one attached hydrogen (secondary N) is 3. The number of aromatic nitrogens is 4. The maximum absolute atomic E-state index is 13.0. The average Bonchev–Trinajstić information content (AvgIpc) is 4.02. The molecule has 0 saturated carbocycles. The summed E-state index contributed by atoms with van der Waals surface area (Å²) in [7, 11) is 7.77. The van der Waals surface area contributed by atoms with Gasteiger partial charge in [0.2, 0.25) is 11.8 Å². The summed E-state index contributed by atoms with van der Waals surface area (Å²) < 4.78 is 19.4. The highest BCUT2D eigenvalue weighted by Crippen LogP contribution is 2.42. The van der Waals surface area contributed by atoms with Gasteiger partial charge in [-0.15, -0.1) is 51.4 Å². The monoisotopic (exact) mass is 937 g/mol. The van der Waals surface area contributed by atoms with Crippen molar-refractivity contribution in [1.82, 2.24) is 41.2 Å². The number of aromatic amines is 2. The van der Waals surface area contributed by atoms with Crippen molar-refractivity contribution in [3.63, 3.8) is 0 Å². The molecule has 1 atom stereocenters. The molecule has 68 heavy (non-hydrogen) atoms. The van der Waals surface area contributed by atoms with E-state index in [-0.39, 0.29) is 37.1 Å². The standard InChI is InChI=1S/C38H45N7O5.C3H8.2C2H6O.4C2H2.H3N/c1-6-9-35(46)44(14-7-2)20-33-39-18-31(42-33)25-10-12-27-26(15-25)22-50-32-17-28-24(16-29(27)32)11-13-30-37(28)43-34(41-30)21-45(23(4)8-3)36(47)19-40-38(48)49-5;3*1-3-2;4*1-2;/h10-13,15-18,23H,6-9,14,19-22H2,1-5H3,(H,39,42)(H,40,48)(H,41,43);3H2,1-2H3;2*1-2H3;4*1-2H;1H3/t23-;;;;;;;;/m0......../s1. The number of terminal acetylenes is 4. The summed E-state index contributed by atoms with van der Waals surface area (Å²) in [5, 5.41) is 4.46. The first-order chi connectivity index (χ1) is 32.5.